The number of aliphatic imine (C=N–C) groups is 3. The fraction of sp³-hybridized carbons (Fsp3) is 0.571. The zero-order valence-electron chi connectivity index (χ0n) is 7.28. The summed E-state index contributed by atoms with van der Waals surface area (Å²) in [7, 11) is 1.54. The van der Waals surface area contributed by atoms with E-state index in [0.717, 1.165) is 0 Å². The molecule has 0 aromatic heterocycles. The van der Waals surface area contributed by atoms with Gasteiger partial charge < -0.3 is 10.1 Å². The number of ether oxygens (including phenoxy) is 1. The fourth-order valence-electron chi connectivity index (χ4n) is 1.39. The minimum Gasteiger partial charge on any atom is -0.360 e. The van der Waals surface area contributed by atoms with Crippen LogP contribution in [0.15, 0.2) is 15.0 Å². The number of fused-ring (bicyclic) bond motifs is 1. The molecule has 0 fully saturated rings. The van der Waals surface area contributed by atoms with Crippen molar-refractivity contribution in [2.75, 3.05) is 7.11 Å². The molecule has 0 saturated heterocycles. The van der Waals surface area contributed by atoms with Gasteiger partial charge in [0.15, 0.2) is 0 Å². The summed E-state index contributed by atoms with van der Waals surface area (Å²) < 4.78 is 5.25. The minimum absolute atomic E-state index is 0.153. The van der Waals surface area contributed by atoms with Gasteiger partial charge in [-0.15, -0.1) is 0 Å². The van der Waals surface area contributed by atoms with Crippen LogP contribution in [0, 0.1) is 0 Å². The smallest absolute Gasteiger partial charge is 0.289 e. The van der Waals surface area contributed by atoms with Gasteiger partial charge in [-0.1, -0.05) is 0 Å². The summed E-state index contributed by atoms with van der Waals surface area (Å²) in [4.78, 5) is 12.1. The Kier molecular flexibility index (Phi) is 1.68. The molecule has 0 amide bonds. The van der Waals surface area contributed by atoms with Gasteiger partial charge in [-0.2, -0.15) is 4.99 Å². The molecule has 0 bridgehead atoms. The summed E-state index contributed by atoms with van der Waals surface area (Å²) in [6.45, 7) is 1.89. The van der Waals surface area contributed by atoms with Crippen molar-refractivity contribution in [2.45, 2.75) is 18.3 Å². The molecule has 2 aliphatic rings. The molecule has 2 unspecified atom stereocenters. The first-order valence-corrected chi connectivity index (χ1v) is 4.17. The first kappa shape index (κ1) is 8.65. The molecule has 70 valence electrons. The Labute approximate surface area is 80.6 Å². The maximum absolute atomic E-state index is 5.68. The van der Waals surface area contributed by atoms with Crippen LogP contribution in [0.2, 0.25) is 0 Å². The first-order valence-electron chi connectivity index (χ1n) is 3.79. The number of amidine groups is 1. The van der Waals surface area contributed by atoms with E-state index in [2.05, 4.69) is 20.3 Å². The number of hydrogen-bond acceptors (Lipinski definition) is 5. The van der Waals surface area contributed by atoms with Crippen LogP contribution < -0.4 is 5.32 Å². The van der Waals surface area contributed by atoms with E-state index in [1.165, 1.54) is 7.11 Å². The molecule has 6 heteroatoms. The highest BCUT2D eigenvalue weighted by atomic mass is 35.5. The number of hydrogen-bond donors (Lipinski definition) is 1. The van der Waals surface area contributed by atoms with Crippen molar-refractivity contribution in [3.8, 4) is 0 Å². The highest BCUT2D eigenvalue weighted by Gasteiger charge is 2.53. The van der Waals surface area contributed by atoms with E-state index in [-0.39, 0.29) is 5.29 Å². The van der Waals surface area contributed by atoms with E-state index < -0.39 is 11.4 Å². The molecular weight excluding hydrogens is 192 g/mol. The predicted octanol–water partition coefficient (Wildman–Crippen LogP) is 0.356. The summed E-state index contributed by atoms with van der Waals surface area (Å²) in [5.41, 5.74) is -0.542. The monoisotopic (exact) mass is 200 g/mol. The van der Waals surface area contributed by atoms with Crippen LogP contribution in [0.4, 0.5) is 0 Å². The topological polar surface area (TPSA) is 58.3 Å². The number of nitrogens with zero attached hydrogens (tertiary/aromatic N) is 3. The zero-order valence-corrected chi connectivity index (χ0v) is 8.04. The first-order chi connectivity index (χ1) is 6.12. The maximum Gasteiger partial charge on any atom is 0.289 e. The summed E-state index contributed by atoms with van der Waals surface area (Å²) in [5, 5.41) is 3.17. The molecule has 1 N–H and O–H groups in total. The lowest BCUT2D eigenvalue weighted by Gasteiger charge is -2.35. The number of nitrogens with one attached hydrogen (secondary N) is 1. The fourth-order valence-corrected chi connectivity index (χ4v) is 1.56. The van der Waals surface area contributed by atoms with Gasteiger partial charge in [-0.3, -0.25) is 0 Å². The molecule has 0 saturated carbocycles. The largest absolute Gasteiger partial charge is 0.360 e. The Hall–Kier alpha value is -0.940. The van der Waals surface area contributed by atoms with E-state index in [0.29, 0.717) is 0 Å². The van der Waals surface area contributed by atoms with Crippen molar-refractivity contribution in [1.29, 1.82) is 0 Å². The Morgan fingerprint density at radius 3 is 3.08 bits per heavy atom. The van der Waals surface area contributed by atoms with Gasteiger partial charge in [0.1, 0.15) is 5.54 Å². The van der Waals surface area contributed by atoms with Crippen LogP contribution in [0.25, 0.3) is 0 Å². The Bertz CT molecular complexity index is 326. The molecule has 2 aliphatic heterocycles. The molecule has 0 aliphatic carbocycles. The average molecular weight is 201 g/mol. The van der Waals surface area contributed by atoms with Crippen molar-refractivity contribution >= 4 is 29.4 Å². The maximum atomic E-state index is 5.68. The third-order valence-electron chi connectivity index (χ3n) is 2.24. The summed E-state index contributed by atoms with van der Waals surface area (Å²) in [5.74, 6) is -0.994. The SMILES string of the molecule is COC12N=CNC1(C)C=NC(Cl)=N2. The van der Waals surface area contributed by atoms with Crippen LogP contribution >= 0.6 is 11.6 Å². The molecule has 2 rings (SSSR count). The van der Waals surface area contributed by atoms with Crippen molar-refractivity contribution in [3.63, 3.8) is 0 Å². The third-order valence-corrected chi connectivity index (χ3v) is 2.42. The van der Waals surface area contributed by atoms with Crippen LogP contribution in [-0.4, -0.2) is 36.3 Å². The van der Waals surface area contributed by atoms with Crippen molar-refractivity contribution in [3.05, 3.63) is 0 Å². The normalized spacial score (nSPS) is 41.3. The zero-order chi connectivity index (χ0) is 9.53. The number of halogens is 1. The van der Waals surface area contributed by atoms with Crippen LogP contribution in [0.5, 0.6) is 0 Å². The summed E-state index contributed by atoms with van der Waals surface area (Å²) >= 11 is 5.68. The molecule has 5 nitrogen and oxygen atoms in total. The molecular formula is C7H9ClN4O. The number of rotatable bonds is 1. The van der Waals surface area contributed by atoms with Gasteiger partial charge in [0.25, 0.3) is 5.85 Å². The second-order valence-corrected chi connectivity index (χ2v) is 3.39. The van der Waals surface area contributed by atoms with Crippen LogP contribution in [0.3, 0.4) is 0 Å². The van der Waals surface area contributed by atoms with Gasteiger partial charge >= 0.3 is 0 Å². The molecule has 0 aromatic carbocycles. The molecule has 13 heavy (non-hydrogen) atoms. The Balaban J connectivity index is 2.49. The van der Waals surface area contributed by atoms with E-state index in [9.17, 15) is 0 Å². The predicted molar refractivity (Wildman–Crippen MR) is 51.6 cm³/mol. The van der Waals surface area contributed by atoms with Gasteiger partial charge in [0.2, 0.25) is 5.29 Å². The Morgan fingerprint density at radius 2 is 2.38 bits per heavy atom. The molecule has 0 aromatic rings. The van der Waals surface area contributed by atoms with Gasteiger partial charge in [-0.25, -0.2) is 9.98 Å². The molecule has 2 heterocycles. The van der Waals surface area contributed by atoms with E-state index in [1.807, 2.05) is 6.92 Å². The standard InChI is InChI=1S/C7H9ClN4O/c1-6-3-9-5(8)12-7(6,13-2)11-4-10-6/h3-4H,1-2H3,(H,10,11). The average Bonchev–Trinajstić information content (AvgIpc) is 2.43. The molecule has 2 atom stereocenters. The lowest BCUT2D eigenvalue weighted by atomic mass is 9.98. The molecule has 0 radical (unpaired) electrons. The highest BCUT2D eigenvalue weighted by Crippen LogP contribution is 2.33. The van der Waals surface area contributed by atoms with Crippen molar-refractivity contribution in [2.24, 2.45) is 15.0 Å². The van der Waals surface area contributed by atoms with E-state index >= 15 is 0 Å². The second kappa shape index (κ2) is 2.52. The van der Waals surface area contributed by atoms with Gasteiger partial charge in [0.05, 0.1) is 6.34 Å². The summed E-state index contributed by atoms with van der Waals surface area (Å²) in [6.07, 6.45) is 3.20. The lowest BCUT2D eigenvalue weighted by Crippen LogP contribution is -2.58. The number of methoxy groups -OCH3 is 1. The van der Waals surface area contributed by atoms with E-state index in [4.69, 9.17) is 16.3 Å². The van der Waals surface area contributed by atoms with Gasteiger partial charge in [0, 0.05) is 13.3 Å². The van der Waals surface area contributed by atoms with Crippen LogP contribution in [0.1, 0.15) is 6.92 Å². The highest BCUT2D eigenvalue weighted by molar-refractivity contribution is 6.65. The van der Waals surface area contributed by atoms with E-state index in [1.54, 1.807) is 12.6 Å². The quantitative estimate of drug-likeness (QED) is 0.622. The lowest BCUT2D eigenvalue weighted by molar-refractivity contribution is -0.0255. The van der Waals surface area contributed by atoms with Crippen LogP contribution in [-0.2, 0) is 4.74 Å². The summed E-state index contributed by atoms with van der Waals surface area (Å²) in [6, 6.07) is 0. The van der Waals surface area contributed by atoms with Crippen molar-refractivity contribution in [1.82, 2.24) is 5.32 Å². The third kappa shape index (κ3) is 1.00. The Morgan fingerprint density at radius 1 is 1.62 bits per heavy atom. The van der Waals surface area contributed by atoms with Crippen molar-refractivity contribution < 1.29 is 4.74 Å². The molecule has 0 spiro atoms. The minimum atomic E-state index is -0.994. The second-order valence-electron chi connectivity index (χ2n) is 3.06. The van der Waals surface area contributed by atoms with Gasteiger partial charge in [-0.05, 0) is 18.5 Å².